The van der Waals surface area contributed by atoms with Gasteiger partial charge in [0.25, 0.3) is 5.91 Å². The zero-order chi connectivity index (χ0) is 15.4. The molecule has 1 unspecified atom stereocenters. The van der Waals surface area contributed by atoms with Gasteiger partial charge < -0.3 is 4.90 Å². The van der Waals surface area contributed by atoms with Crippen LogP contribution < -0.4 is 10.9 Å². The van der Waals surface area contributed by atoms with Crippen LogP contribution in [0.15, 0.2) is 47.2 Å². The van der Waals surface area contributed by atoms with Crippen LogP contribution in [0.4, 0.5) is 4.79 Å². The number of rotatable bonds is 2. The second-order valence-electron chi connectivity index (χ2n) is 5.16. The van der Waals surface area contributed by atoms with Crippen molar-refractivity contribution in [1.82, 2.24) is 15.8 Å². The summed E-state index contributed by atoms with van der Waals surface area (Å²) in [4.78, 5) is 26.0. The molecule has 114 valence electrons. The fourth-order valence-electron chi connectivity index (χ4n) is 2.66. The largest absolute Gasteiger partial charge is 0.336 e. The third-order valence-electron chi connectivity index (χ3n) is 3.76. The highest BCUT2D eigenvalue weighted by Crippen LogP contribution is 2.32. The molecular weight excluding hydrogens is 298 g/mol. The molecule has 1 aromatic heterocycles. The Morgan fingerprint density at radius 1 is 1.14 bits per heavy atom. The Labute approximate surface area is 132 Å². The van der Waals surface area contributed by atoms with Crippen LogP contribution in [0.25, 0.3) is 0 Å². The van der Waals surface area contributed by atoms with E-state index in [1.165, 1.54) is 0 Å². The molecule has 0 spiro atoms. The average molecular weight is 315 g/mol. The minimum absolute atomic E-state index is 0.0971. The predicted octanol–water partition coefficient (Wildman–Crippen LogP) is 2.94. The van der Waals surface area contributed by atoms with Crippen molar-refractivity contribution >= 4 is 23.3 Å². The van der Waals surface area contributed by atoms with Gasteiger partial charge in [0.05, 0.1) is 6.04 Å². The van der Waals surface area contributed by atoms with Crippen LogP contribution in [0, 0.1) is 0 Å². The van der Waals surface area contributed by atoms with E-state index in [0.29, 0.717) is 12.1 Å². The van der Waals surface area contributed by atoms with E-state index in [2.05, 4.69) is 16.2 Å². The third-order valence-corrected chi connectivity index (χ3v) is 4.46. The Bertz CT molecular complexity index is 643. The van der Waals surface area contributed by atoms with Gasteiger partial charge in [-0.1, -0.05) is 18.2 Å². The van der Waals surface area contributed by atoms with Crippen LogP contribution in [-0.4, -0.2) is 23.4 Å². The first-order chi connectivity index (χ1) is 10.8. The predicted molar refractivity (Wildman–Crippen MR) is 85.4 cm³/mol. The summed E-state index contributed by atoms with van der Waals surface area (Å²) in [6.07, 6.45) is 1.93. The quantitative estimate of drug-likeness (QED) is 0.837. The summed E-state index contributed by atoms with van der Waals surface area (Å²) < 4.78 is 0. The van der Waals surface area contributed by atoms with Crippen molar-refractivity contribution in [1.29, 1.82) is 0 Å². The van der Waals surface area contributed by atoms with Gasteiger partial charge >= 0.3 is 6.03 Å². The highest BCUT2D eigenvalue weighted by Gasteiger charge is 2.30. The molecule has 1 fully saturated rings. The fraction of sp³-hybridized carbons (Fsp3) is 0.250. The molecule has 0 bridgehead atoms. The SMILES string of the molecule is O=C(NNC(=O)N1CCCC1c1ccsc1)c1ccccc1. The van der Waals surface area contributed by atoms with Gasteiger partial charge in [-0.15, -0.1) is 0 Å². The maximum absolute atomic E-state index is 12.3. The summed E-state index contributed by atoms with van der Waals surface area (Å²) in [6.45, 7) is 0.702. The lowest BCUT2D eigenvalue weighted by Gasteiger charge is -2.24. The van der Waals surface area contributed by atoms with Gasteiger partial charge in [0.1, 0.15) is 0 Å². The van der Waals surface area contributed by atoms with Gasteiger partial charge in [-0.05, 0) is 47.4 Å². The molecule has 6 heteroatoms. The number of hydrogen-bond donors (Lipinski definition) is 2. The molecule has 1 aromatic carbocycles. The van der Waals surface area contributed by atoms with Gasteiger partial charge in [0.15, 0.2) is 0 Å². The number of benzene rings is 1. The van der Waals surface area contributed by atoms with Crippen molar-refractivity contribution in [2.45, 2.75) is 18.9 Å². The summed E-state index contributed by atoms with van der Waals surface area (Å²) in [5, 5.41) is 4.08. The number of urea groups is 1. The lowest BCUT2D eigenvalue weighted by atomic mass is 10.1. The molecule has 0 aliphatic carbocycles. The molecule has 1 saturated heterocycles. The number of carbonyl (C=O) groups excluding carboxylic acids is 2. The van der Waals surface area contributed by atoms with Crippen molar-refractivity contribution in [3.63, 3.8) is 0 Å². The Morgan fingerprint density at radius 3 is 2.68 bits per heavy atom. The van der Waals surface area contributed by atoms with E-state index in [-0.39, 0.29) is 18.0 Å². The van der Waals surface area contributed by atoms with Crippen LogP contribution >= 0.6 is 11.3 Å². The van der Waals surface area contributed by atoms with Gasteiger partial charge in [0.2, 0.25) is 0 Å². The molecule has 3 amide bonds. The molecule has 1 aliphatic rings. The van der Waals surface area contributed by atoms with Crippen LogP contribution in [-0.2, 0) is 0 Å². The maximum Gasteiger partial charge on any atom is 0.336 e. The first-order valence-corrected chi connectivity index (χ1v) is 8.14. The van der Waals surface area contributed by atoms with Crippen molar-refractivity contribution in [2.75, 3.05) is 6.54 Å². The topological polar surface area (TPSA) is 61.4 Å². The summed E-state index contributed by atoms with van der Waals surface area (Å²) in [5.74, 6) is -0.319. The van der Waals surface area contributed by atoms with E-state index in [0.717, 1.165) is 18.4 Å². The van der Waals surface area contributed by atoms with Crippen molar-refractivity contribution in [2.24, 2.45) is 0 Å². The summed E-state index contributed by atoms with van der Waals surface area (Å²) >= 11 is 1.63. The van der Waals surface area contributed by atoms with E-state index in [1.807, 2.05) is 17.5 Å². The van der Waals surface area contributed by atoms with E-state index >= 15 is 0 Å². The van der Waals surface area contributed by atoms with Crippen LogP contribution in [0.5, 0.6) is 0 Å². The number of nitrogens with one attached hydrogen (secondary N) is 2. The van der Waals surface area contributed by atoms with Gasteiger partial charge in [-0.25, -0.2) is 10.2 Å². The van der Waals surface area contributed by atoms with Crippen molar-refractivity contribution in [3.8, 4) is 0 Å². The zero-order valence-electron chi connectivity index (χ0n) is 12.0. The van der Waals surface area contributed by atoms with Gasteiger partial charge in [-0.3, -0.25) is 10.2 Å². The summed E-state index contributed by atoms with van der Waals surface area (Å²) in [6, 6.07) is 10.7. The highest BCUT2D eigenvalue weighted by atomic mass is 32.1. The first kappa shape index (κ1) is 14.6. The summed E-state index contributed by atoms with van der Waals surface area (Å²) in [7, 11) is 0. The van der Waals surface area contributed by atoms with E-state index < -0.39 is 0 Å². The maximum atomic E-state index is 12.3. The molecule has 3 rings (SSSR count). The molecule has 1 aliphatic heterocycles. The molecule has 22 heavy (non-hydrogen) atoms. The number of amides is 3. The highest BCUT2D eigenvalue weighted by molar-refractivity contribution is 7.07. The van der Waals surface area contributed by atoms with Crippen LogP contribution in [0.2, 0.25) is 0 Å². The normalized spacial score (nSPS) is 17.3. The van der Waals surface area contributed by atoms with Gasteiger partial charge in [0, 0.05) is 12.1 Å². The van der Waals surface area contributed by atoms with E-state index in [1.54, 1.807) is 40.5 Å². The minimum Gasteiger partial charge on any atom is -0.316 e. The van der Waals surface area contributed by atoms with Crippen molar-refractivity contribution in [3.05, 3.63) is 58.3 Å². The van der Waals surface area contributed by atoms with E-state index in [4.69, 9.17) is 0 Å². The van der Waals surface area contributed by atoms with Crippen molar-refractivity contribution < 1.29 is 9.59 Å². The average Bonchev–Trinajstić information content (AvgIpc) is 3.23. The molecule has 2 aromatic rings. The number of likely N-dealkylation sites (tertiary alicyclic amines) is 1. The van der Waals surface area contributed by atoms with Crippen LogP contribution in [0.1, 0.15) is 34.8 Å². The second kappa shape index (κ2) is 6.62. The van der Waals surface area contributed by atoms with E-state index in [9.17, 15) is 9.59 Å². The Hall–Kier alpha value is -2.34. The third kappa shape index (κ3) is 3.12. The molecule has 2 heterocycles. The molecular formula is C16H17N3O2S. The lowest BCUT2D eigenvalue weighted by Crippen LogP contribution is -2.48. The molecule has 0 saturated carbocycles. The summed E-state index contributed by atoms with van der Waals surface area (Å²) in [5.41, 5.74) is 6.64. The zero-order valence-corrected chi connectivity index (χ0v) is 12.8. The Balaban J connectivity index is 1.59. The second-order valence-corrected chi connectivity index (χ2v) is 5.94. The minimum atomic E-state index is -0.319. The molecule has 0 radical (unpaired) electrons. The Morgan fingerprint density at radius 2 is 1.95 bits per heavy atom. The molecule has 2 N–H and O–H groups in total. The van der Waals surface area contributed by atoms with Crippen LogP contribution in [0.3, 0.4) is 0 Å². The lowest BCUT2D eigenvalue weighted by molar-refractivity contribution is 0.0929. The standard InChI is InChI=1S/C16H17N3O2S/c20-15(12-5-2-1-3-6-12)17-18-16(21)19-9-4-7-14(19)13-8-10-22-11-13/h1-3,5-6,8,10-11,14H,4,7,9H2,(H,17,20)(H,18,21). The van der Waals surface area contributed by atoms with Gasteiger partial charge in [-0.2, -0.15) is 11.3 Å². The smallest absolute Gasteiger partial charge is 0.316 e. The monoisotopic (exact) mass is 315 g/mol. The first-order valence-electron chi connectivity index (χ1n) is 7.20. The number of thiophene rings is 1. The molecule has 1 atom stereocenters. The number of hydrogen-bond acceptors (Lipinski definition) is 3. The Kier molecular flexibility index (Phi) is 4.39. The number of hydrazine groups is 1. The number of nitrogens with zero attached hydrogens (tertiary/aromatic N) is 1. The number of carbonyl (C=O) groups is 2. The molecule has 5 nitrogen and oxygen atoms in total. The fourth-order valence-corrected chi connectivity index (χ4v) is 3.37.